The van der Waals surface area contributed by atoms with E-state index in [2.05, 4.69) is 5.32 Å². The van der Waals surface area contributed by atoms with Gasteiger partial charge >= 0.3 is 0 Å². The van der Waals surface area contributed by atoms with E-state index in [0.29, 0.717) is 11.4 Å². The van der Waals surface area contributed by atoms with E-state index in [1.165, 1.54) is 25.3 Å². The molecule has 0 aliphatic heterocycles. The van der Waals surface area contributed by atoms with Gasteiger partial charge in [-0.25, -0.2) is 13.6 Å². The first-order chi connectivity index (χ1) is 11.8. The second-order valence-electron chi connectivity index (χ2n) is 5.37. The largest absolute Gasteiger partial charge is 0.495 e. The molecule has 25 heavy (non-hydrogen) atoms. The van der Waals surface area contributed by atoms with Crippen molar-refractivity contribution in [1.29, 1.82) is 0 Å². The minimum atomic E-state index is -3.96. The van der Waals surface area contributed by atoms with Crippen LogP contribution in [0.1, 0.15) is 12.0 Å². The fraction of sp³-hybridized carbons (Fsp3) is 0.235. The van der Waals surface area contributed by atoms with Gasteiger partial charge in [-0.2, -0.15) is 0 Å². The van der Waals surface area contributed by atoms with Crippen LogP contribution in [0.25, 0.3) is 0 Å². The zero-order valence-electron chi connectivity index (χ0n) is 14.0. The Bertz CT molecular complexity index is 848. The van der Waals surface area contributed by atoms with Gasteiger partial charge in [0.2, 0.25) is 15.9 Å². The minimum absolute atomic E-state index is 0.114. The van der Waals surface area contributed by atoms with E-state index in [9.17, 15) is 13.2 Å². The minimum Gasteiger partial charge on any atom is -0.495 e. The van der Waals surface area contributed by atoms with Crippen LogP contribution in [0, 0.1) is 6.92 Å². The van der Waals surface area contributed by atoms with Gasteiger partial charge in [-0.15, -0.1) is 0 Å². The Labute approximate surface area is 146 Å². The molecule has 0 aliphatic rings. The van der Waals surface area contributed by atoms with Crippen LogP contribution < -0.4 is 19.9 Å². The van der Waals surface area contributed by atoms with Crippen LogP contribution in [0.5, 0.6) is 11.5 Å². The lowest BCUT2D eigenvalue weighted by atomic mass is 10.2. The van der Waals surface area contributed by atoms with Crippen molar-refractivity contribution in [3.8, 4) is 11.5 Å². The predicted octanol–water partition coefficient (Wildman–Crippen LogP) is 2.06. The second-order valence-corrected chi connectivity index (χ2v) is 6.90. The van der Waals surface area contributed by atoms with Gasteiger partial charge < -0.3 is 14.8 Å². The van der Waals surface area contributed by atoms with E-state index in [4.69, 9.17) is 14.6 Å². The molecule has 0 spiro atoms. The number of hydrogen-bond donors (Lipinski definition) is 2. The number of carbonyl (C=O) groups is 1. The predicted molar refractivity (Wildman–Crippen MR) is 94.3 cm³/mol. The van der Waals surface area contributed by atoms with E-state index in [1.54, 1.807) is 0 Å². The third-order valence-corrected chi connectivity index (χ3v) is 4.30. The molecule has 0 radical (unpaired) electrons. The Morgan fingerprint density at radius 2 is 1.84 bits per heavy atom. The first-order valence-corrected chi connectivity index (χ1v) is 9.04. The normalized spacial score (nSPS) is 11.0. The fourth-order valence-electron chi connectivity index (χ4n) is 2.10. The van der Waals surface area contributed by atoms with Crippen molar-refractivity contribution in [3.05, 3.63) is 48.0 Å². The van der Waals surface area contributed by atoms with Crippen molar-refractivity contribution in [3.63, 3.8) is 0 Å². The summed E-state index contributed by atoms with van der Waals surface area (Å²) in [7, 11) is -2.62. The maximum absolute atomic E-state index is 12.0. The lowest BCUT2D eigenvalue weighted by Crippen LogP contribution is -2.17. The maximum Gasteiger partial charge on any atom is 0.241 e. The van der Waals surface area contributed by atoms with E-state index in [1.807, 2.05) is 31.2 Å². The maximum atomic E-state index is 12.0. The molecule has 2 rings (SSSR count). The molecule has 0 saturated carbocycles. The number of rotatable bonds is 7. The summed E-state index contributed by atoms with van der Waals surface area (Å²) in [4.78, 5) is 11.8. The molecule has 8 heteroatoms. The molecule has 0 aromatic heterocycles. The summed E-state index contributed by atoms with van der Waals surface area (Å²) in [6.45, 7) is 2.18. The van der Waals surface area contributed by atoms with Crippen molar-refractivity contribution < 1.29 is 22.7 Å². The highest BCUT2D eigenvalue weighted by molar-refractivity contribution is 7.89. The molecule has 0 aliphatic carbocycles. The molecule has 0 fully saturated rings. The molecule has 3 N–H and O–H groups in total. The van der Waals surface area contributed by atoms with Crippen LogP contribution in [-0.2, 0) is 14.8 Å². The second kappa shape index (κ2) is 8.00. The number of benzene rings is 2. The van der Waals surface area contributed by atoms with Gasteiger partial charge in [-0.05, 0) is 37.3 Å². The van der Waals surface area contributed by atoms with Gasteiger partial charge in [-0.3, -0.25) is 4.79 Å². The van der Waals surface area contributed by atoms with Gasteiger partial charge in [0.25, 0.3) is 0 Å². The number of aryl methyl sites for hydroxylation is 1. The summed E-state index contributed by atoms with van der Waals surface area (Å²) >= 11 is 0. The SMILES string of the molecule is COc1ccc(NC(=O)CCOc2ccc(C)cc2)cc1S(N)(=O)=O. The molecule has 1 amide bonds. The molecule has 0 heterocycles. The van der Waals surface area contributed by atoms with Crippen LogP contribution in [0.3, 0.4) is 0 Å². The highest BCUT2D eigenvalue weighted by Gasteiger charge is 2.16. The Balaban J connectivity index is 1.95. The first kappa shape index (κ1) is 18.8. The van der Waals surface area contributed by atoms with Gasteiger partial charge in [0.05, 0.1) is 20.1 Å². The van der Waals surface area contributed by atoms with E-state index < -0.39 is 10.0 Å². The lowest BCUT2D eigenvalue weighted by molar-refractivity contribution is -0.116. The first-order valence-electron chi connectivity index (χ1n) is 7.50. The number of nitrogens with two attached hydrogens (primary N) is 1. The summed E-state index contributed by atoms with van der Waals surface area (Å²) in [5, 5.41) is 7.75. The van der Waals surface area contributed by atoms with Gasteiger partial charge in [0.1, 0.15) is 16.4 Å². The van der Waals surface area contributed by atoms with E-state index in [-0.39, 0.29) is 29.6 Å². The van der Waals surface area contributed by atoms with Crippen LogP contribution in [0.2, 0.25) is 0 Å². The molecule has 7 nitrogen and oxygen atoms in total. The number of primary sulfonamides is 1. The zero-order chi connectivity index (χ0) is 18.4. The molecule has 0 saturated heterocycles. The number of amides is 1. The van der Waals surface area contributed by atoms with Crippen molar-refractivity contribution in [1.82, 2.24) is 0 Å². The number of carbonyl (C=O) groups excluding carboxylic acids is 1. The van der Waals surface area contributed by atoms with E-state index >= 15 is 0 Å². The highest BCUT2D eigenvalue weighted by Crippen LogP contribution is 2.26. The summed E-state index contributed by atoms with van der Waals surface area (Å²) < 4.78 is 33.6. The van der Waals surface area contributed by atoms with Crippen LogP contribution >= 0.6 is 0 Å². The van der Waals surface area contributed by atoms with Gasteiger partial charge in [-0.1, -0.05) is 17.7 Å². The zero-order valence-corrected chi connectivity index (χ0v) is 14.8. The summed E-state index contributed by atoms with van der Waals surface area (Å²) in [6, 6.07) is 11.7. The molecular formula is C17H20N2O5S. The number of hydrogen-bond acceptors (Lipinski definition) is 5. The molecule has 0 bridgehead atoms. The number of sulfonamides is 1. The van der Waals surface area contributed by atoms with Gasteiger partial charge in [0.15, 0.2) is 0 Å². The Morgan fingerprint density at radius 1 is 1.16 bits per heavy atom. The third-order valence-electron chi connectivity index (χ3n) is 3.37. The molecular weight excluding hydrogens is 344 g/mol. The molecule has 2 aromatic carbocycles. The fourth-order valence-corrected chi connectivity index (χ4v) is 2.82. The summed E-state index contributed by atoms with van der Waals surface area (Å²) in [5.74, 6) is 0.486. The molecule has 0 unspecified atom stereocenters. The molecule has 0 atom stereocenters. The van der Waals surface area contributed by atoms with Gasteiger partial charge in [0, 0.05) is 5.69 Å². The highest BCUT2D eigenvalue weighted by atomic mass is 32.2. The number of methoxy groups -OCH3 is 1. The summed E-state index contributed by atoms with van der Waals surface area (Å²) in [6.07, 6.45) is 0.116. The monoisotopic (exact) mass is 364 g/mol. The van der Waals surface area contributed by atoms with Crippen LogP contribution in [-0.4, -0.2) is 28.0 Å². The summed E-state index contributed by atoms with van der Waals surface area (Å²) in [5.41, 5.74) is 1.43. The number of ether oxygens (including phenoxy) is 2. The quantitative estimate of drug-likeness (QED) is 0.782. The standard InChI is InChI=1S/C17H20N2O5S/c1-12-3-6-14(7-4-12)24-10-9-17(20)19-13-5-8-15(23-2)16(11-13)25(18,21)22/h3-8,11H,9-10H2,1-2H3,(H,19,20)(H2,18,21,22). The average Bonchev–Trinajstić information content (AvgIpc) is 2.56. The Morgan fingerprint density at radius 3 is 2.44 bits per heavy atom. The smallest absolute Gasteiger partial charge is 0.241 e. The van der Waals surface area contributed by atoms with Crippen LogP contribution in [0.15, 0.2) is 47.4 Å². The Kier molecular flexibility index (Phi) is 6.00. The molecule has 134 valence electrons. The van der Waals surface area contributed by atoms with Crippen molar-refractivity contribution in [2.45, 2.75) is 18.2 Å². The van der Waals surface area contributed by atoms with Crippen molar-refractivity contribution in [2.75, 3.05) is 19.0 Å². The third kappa shape index (κ3) is 5.47. The van der Waals surface area contributed by atoms with Crippen molar-refractivity contribution in [2.24, 2.45) is 5.14 Å². The average molecular weight is 364 g/mol. The topological polar surface area (TPSA) is 108 Å². The number of anilines is 1. The van der Waals surface area contributed by atoms with Crippen molar-refractivity contribution >= 4 is 21.6 Å². The lowest BCUT2D eigenvalue weighted by Gasteiger charge is -2.11. The van der Waals surface area contributed by atoms with Crippen LogP contribution in [0.4, 0.5) is 5.69 Å². The molecule has 2 aromatic rings. The number of nitrogens with one attached hydrogen (secondary N) is 1. The Hall–Kier alpha value is -2.58. The van der Waals surface area contributed by atoms with E-state index in [0.717, 1.165) is 5.56 Å².